The molecule has 68 valence electrons. The molecule has 0 amide bonds. The van der Waals surface area contributed by atoms with Gasteiger partial charge in [0.25, 0.3) is 0 Å². The summed E-state index contributed by atoms with van der Waals surface area (Å²) < 4.78 is 0. The molecule has 0 saturated carbocycles. The maximum atomic E-state index is 5.84. The molecule has 0 fully saturated rings. The van der Waals surface area contributed by atoms with Gasteiger partial charge < -0.3 is 5.73 Å². The van der Waals surface area contributed by atoms with E-state index in [9.17, 15) is 0 Å². The third-order valence-electron chi connectivity index (χ3n) is 2.12. The van der Waals surface area contributed by atoms with Crippen LogP contribution < -0.4 is 5.73 Å². The summed E-state index contributed by atoms with van der Waals surface area (Å²) in [5.41, 5.74) is 8.43. The number of aryl methyl sites for hydroxylation is 1. The Morgan fingerprint density at radius 1 is 1.46 bits per heavy atom. The smallest absolute Gasteiger partial charge is 0.0241 e. The topological polar surface area (TPSA) is 26.0 Å². The fourth-order valence-corrected chi connectivity index (χ4v) is 1.35. The van der Waals surface area contributed by atoms with Crippen LogP contribution in [0.1, 0.15) is 17.5 Å². The van der Waals surface area contributed by atoms with Gasteiger partial charge in [-0.2, -0.15) is 0 Å². The van der Waals surface area contributed by atoms with E-state index < -0.39 is 0 Å². The molecule has 1 heteroatoms. The summed E-state index contributed by atoms with van der Waals surface area (Å²) in [4.78, 5) is 0. The Labute approximate surface area is 80.0 Å². The first kappa shape index (κ1) is 9.83. The predicted octanol–water partition coefficient (Wildman–Crippen LogP) is 1.89. The predicted molar refractivity (Wildman–Crippen MR) is 56.3 cm³/mol. The Morgan fingerprint density at radius 3 is 2.77 bits per heavy atom. The summed E-state index contributed by atoms with van der Waals surface area (Å²) in [7, 11) is 0. The second kappa shape index (κ2) is 4.69. The molecule has 0 bridgehead atoms. The van der Waals surface area contributed by atoms with Gasteiger partial charge in [-0.25, -0.2) is 0 Å². The highest BCUT2D eigenvalue weighted by Crippen LogP contribution is 2.09. The SMILES string of the molecule is C#CCC(N)Cc1ccccc1C. The standard InChI is InChI=1S/C12H15N/c1-3-6-12(13)9-11-8-5-4-7-10(11)2/h1,4-5,7-8,12H,6,9,13H2,2H3. The Kier molecular flexibility index (Phi) is 3.54. The van der Waals surface area contributed by atoms with Crippen LogP contribution in [0.4, 0.5) is 0 Å². The molecule has 0 aromatic heterocycles. The van der Waals surface area contributed by atoms with E-state index in [2.05, 4.69) is 25.0 Å². The van der Waals surface area contributed by atoms with E-state index in [-0.39, 0.29) is 6.04 Å². The molecule has 1 rings (SSSR count). The Hall–Kier alpha value is -1.26. The van der Waals surface area contributed by atoms with E-state index >= 15 is 0 Å². The van der Waals surface area contributed by atoms with E-state index in [4.69, 9.17) is 12.2 Å². The molecular formula is C12H15N. The van der Waals surface area contributed by atoms with Crippen molar-refractivity contribution in [1.29, 1.82) is 0 Å². The molecule has 0 aliphatic rings. The van der Waals surface area contributed by atoms with E-state index in [1.165, 1.54) is 11.1 Å². The fourth-order valence-electron chi connectivity index (χ4n) is 1.35. The van der Waals surface area contributed by atoms with Crippen LogP contribution in [-0.2, 0) is 6.42 Å². The van der Waals surface area contributed by atoms with Crippen LogP contribution in [0.5, 0.6) is 0 Å². The number of rotatable bonds is 3. The summed E-state index contributed by atoms with van der Waals surface area (Å²) in [6.07, 6.45) is 6.71. The second-order valence-corrected chi connectivity index (χ2v) is 3.30. The van der Waals surface area contributed by atoms with Crippen molar-refractivity contribution in [2.45, 2.75) is 25.8 Å². The molecule has 1 aromatic carbocycles. The Morgan fingerprint density at radius 2 is 2.15 bits per heavy atom. The van der Waals surface area contributed by atoms with Crippen molar-refractivity contribution in [3.63, 3.8) is 0 Å². The molecule has 13 heavy (non-hydrogen) atoms. The van der Waals surface area contributed by atoms with Crippen LogP contribution >= 0.6 is 0 Å². The van der Waals surface area contributed by atoms with Crippen LogP contribution in [0, 0.1) is 19.3 Å². The minimum absolute atomic E-state index is 0.0890. The zero-order valence-corrected chi connectivity index (χ0v) is 7.96. The maximum absolute atomic E-state index is 5.84. The first-order valence-electron chi connectivity index (χ1n) is 4.47. The quantitative estimate of drug-likeness (QED) is 0.694. The second-order valence-electron chi connectivity index (χ2n) is 3.30. The van der Waals surface area contributed by atoms with Crippen molar-refractivity contribution < 1.29 is 0 Å². The number of benzene rings is 1. The van der Waals surface area contributed by atoms with E-state index in [0.717, 1.165) is 6.42 Å². The molecule has 0 saturated heterocycles. The molecule has 0 aliphatic heterocycles. The van der Waals surface area contributed by atoms with Crippen LogP contribution in [-0.4, -0.2) is 6.04 Å². The first-order valence-corrected chi connectivity index (χ1v) is 4.47. The summed E-state index contributed by atoms with van der Waals surface area (Å²) in [6, 6.07) is 8.35. The van der Waals surface area contributed by atoms with Gasteiger partial charge in [0.15, 0.2) is 0 Å². The normalized spacial score (nSPS) is 12.1. The van der Waals surface area contributed by atoms with Crippen molar-refractivity contribution in [2.75, 3.05) is 0 Å². The molecule has 1 nitrogen and oxygen atoms in total. The zero-order chi connectivity index (χ0) is 9.68. The molecule has 0 heterocycles. The van der Waals surface area contributed by atoms with Crippen molar-refractivity contribution in [1.82, 2.24) is 0 Å². The third-order valence-corrected chi connectivity index (χ3v) is 2.12. The lowest BCUT2D eigenvalue weighted by atomic mass is 10.0. The Bertz CT molecular complexity index is 309. The molecule has 0 spiro atoms. The van der Waals surface area contributed by atoms with Crippen molar-refractivity contribution in [2.24, 2.45) is 5.73 Å². The summed E-state index contributed by atoms with van der Waals surface area (Å²) in [5.74, 6) is 2.58. The van der Waals surface area contributed by atoms with Crippen LogP contribution in [0.15, 0.2) is 24.3 Å². The van der Waals surface area contributed by atoms with Gasteiger partial charge in [0.1, 0.15) is 0 Å². The molecular weight excluding hydrogens is 158 g/mol. The molecule has 1 atom stereocenters. The van der Waals surface area contributed by atoms with Crippen LogP contribution in [0.2, 0.25) is 0 Å². The third kappa shape index (κ3) is 2.93. The van der Waals surface area contributed by atoms with Crippen molar-refractivity contribution in [3.05, 3.63) is 35.4 Å². The van der Waals surface area contributed by atoms with E-state index in [1.807, 2.05) is 12.1 Å². The van der Waals surface area contributed by atoms with Gasteiger partial charge >= 0.3 is 0 Å². The van der Waals surface area contributed by atoms with Gasteiger partial charge in [-0.05, 0) is 24.5 Å². The summed E-state index contributed by atoms with van der Waals surface area (Å²) in [6.45, 7) is 2.10. The largest absolute Gasteiger partial charge is 0.327 e. The minimum atomic E-state index is 0.0890. The number of terminal acetylenes is 1. The number of hydrogen-bond acceptors (Lipinski definition) is 1. The van der Waals surface area contributed by atoms with Gasteiger partial charge in [0.05, 0.1) is 0 Å². The molecule has 2 N–H and O–H groups in total. The highest BCUT2D eigenvalue weighted by atomic mass is 14.6. The van der Waals surface area contributed by atoms with Gasteiger partial charge in [0.2, 0.25) is 0 Å². The molecule has 0 radical (unpaired) electrons. The van der Waals surface area contributed by atoms with Crippen molar-refractivity contribution in [3.8, 4) is 12.3 Å². The van der Waals surface area contributed by atoms with E-state index in [1.54, 1.807) is 0 Å². The lowest BCUT2D eigenvalue weighted by molar-refractivity contribution is 0.687. The highest BCUT2D eigenvalue weighted by Gasteiger charge is 2.03. The average molecular weight is 173 g/mol. The Balaban J connectivity index is 2.64. The van der Waals surface area contributed by atoms with Gasteiger partial charge in [0, 0.05) is 12.5 Å². The lowest BCUT2D eigenvalue weighted by Crippen LogP contribution is -2.22. The monoisotopic (exact) mass is 173 g/mol. The zero-order valence-electron chi connectivity index (χ0n) is 7.96. The molecule has 1 unspecified atom stereocenters. The number of nitrogens with two attached hydrogens (primary N) is 1. The van der Waals surface area contributed by atoms with Crippen molar-refractivity contribution >= 4 is 0 Å². The lowest BCUT2D eigenvalue weighted by Gasteiger charge is -2.09. The summed E-state index contributed by atoms with van der Waals surface area (Å²) >= 11 is 0. The fraction of sp³-hybridized carbons (Fsp3) is 0.333. The van der Waals surface area contributed by atoms with Crippen LogP contribution in [0.25, 0.3) is 0 Å². The number of hydrogen-bond donors (Lipinski definition) is 1. The van der Waals surface area contributed by atoms with Gasteiger partial charge in [-0.15, -0.1) is 12.3 Å². The van der Waals surface area contributed by atoms with Gasteiger partial charge in [-0.3, -0.25) is 0 Å². The molecule has 1 aromatic rings. The highest BCUT2D eigenvalue weighted by molar-refractivity contribution is 5.26. The van der Waals surface area contributed by atoms with E-state index in [0.29, 0.717) is 6.42 Å². The first-order chi connectivity index (χ1) is 6.24. The van der Waals surface area contributed by atoms with Gasteiger partial charge in [-0.1, -0.05) is 24.3 Å². The van der Waals surface area contributed by atoms with Crippen LogP contribution in [0.3, 0.4) is 0 Å². The maximum Gasteiger partial charge on any atom is 0.0241 e. The minimum Gasteiger partial charge on any atom is -0.327 e. The average Bonchev–Trinajstić information content (AvgIpc) is 2.09. The summed E-state index contributed by atoms with van der Waals surface area (Å²) in [5, 5.41) is 0. The molecule has 0 aliphatic carbocycles.